The molecule has 0 amide bonds. The predicted octanol–water partition coefficient (Wildman–Crippen LogP) is 5.68. The van der Waals surface area contributed by atoms with Crippen LogP contribution in [0.3, 0.4) is 0 Å². The molecule has 0 fully saturated rings. The molecular weight excluding hydrogens is 288 g/mol. The number of methoxy groups -OCH3 is 1. The molecule has 0 heterocycles. The van der Waals surface area contributed by atoms with E-state index in [1.54, 1.807) is 7.11 Å². The van der Waals surface area contributed by atoms with Crippen LogP contribution in [0, 0.1) is 0 Å². The van der Waals surface area contributed by atoms with Gasteiger partial charge in [-0.1, -0.05) is 69.1 Å². The summed E-state index contributed by atoms with van der Waals surface area (Å²) < 4.78 is 5.42. The molecule has 1 unspecified atom stereocenters. The van der Waals surface area contributed by atoms with Crippen molar-refractivity contribution in [2.24, 2.45) is 0 Å². The zero-order valence-corrected chi connectivity index (χ0v) is 14.9. The molecule has 0 aliphatic carbocycles. The molecule has 0 radical (unpaired) electrons. The Morgan fingerprint density at radius 1 is 1.00 bits per heavy atom. The van der Waals surface area contributed by atoms with Crippen LogP contribution in [-0.2, 0) is 9.53 Å². The molecule has 0 saturated heterocycles. The molecule has 0 saturated carbocycles. The molecule has 0 spiro atoms. The average molecular weight is 322 g/mol. The first-order valence-corrected chi connectivity index (χ1v) is 8.93. The quantitative estimate of drug-likeness (QED) is 0.240. The molecule has 0 bridgehead atoms. The van der Waals surface area contributed by atoms with Crippen LogP contribution in [0.25, 0.3) is 0 Å². The highest BCUT2D eigenvalue weighted by Gasteiger charge is 1.98. The van der Waals surface area contributed by atoms with E-state index in [-0.39, 0.29) is 6.10 Å². The van der Waals surface area contributed by atoms with Crippen molar-refractivity contribution in [3.05, 3.63) is 36.5 Å². The van der Waals surface area contributed by atoms with Crippen molar-refractivity contribution in [1.82, 2.24) is 0 Å². The summed E-state index contributed by atoms with van der Waals surface area (Å²) in [4.78, 5) is 10.4. The monoisotopic (exact) mass is 322 g/mol. The minimum Gasteiger partial charge on any atom is -0.481 e. The third-order valence-electron chi connectivity index (χ3n) is 3.63. The van der Waals surface area contributed by atoms with Crippen LogP contribution >= 0.6 is 0 Å². The Labute approximate surface area is 142 Å². The van der Waals surface area contributed by atoms with Crippen molar-refractivity contribution in [3.8, 4) is 0 Å². The van der Waals surface area contributed by atoms with Crippen molar-refractivity contribution in [3.63, 3.8) is 0 Å². The Bertz CT molecular complexity index is 356. The lowest BCUT2D eigenvalue weighted by atomic mass is 10.1. The first-order valence-electron chi connectivity index (χ1n) is 8.93. The summed E-state index contributed by atoms with van der Waals surface area (Å²) in [6.07, 6.45) is 22.9. The van der Waals surface area contributed by atoms with E-state index in [0.717, 1.165) is 38.5 Å². The second-order valence-electron chi connectivity index (χ2n) is 5.78. The van der Waals surface area contributed by atoms with Crippen LogP contribution in [0.5, 0.6) is 0 Å². The molecule has 0 aromatic heterocycles. The number of carbonyl (C=O) groups is 1. The Hall–Kier alpha value is -1.35. The molecule has 0 aromatic rings. The number of carboxylic acids is 1. The Morgan fingerprint density at radius 3 is 2.43 bits per heavy atom. The third kappa shape index (κ3) is 16.8. The molecule has 1 atom stereocenters. The summed E-state index contributed by atoms with van der Waals surface area (Å²) >= 11 is 0. The maximum atomic E-state index is 10.4. The number of aliphatic carboxylic acids is 1. The molecule has 3 nitrogen and oxygen atoms in total. The van der Waals surface area contributed by atoms with Crippen LogP contribution in [0.1, 0.15) is 71.1 Å². The lowest BCUT2D eigenvalue weighted by Crippen LogP contribution is -2.04. The summed E-state index contributed by atoms with van der Waals surface area (Å²) in [6, 6.07) is 0. The maximum Gasteiger partial charge on any atom is 0.303 e. The molecule has 3 heteroatoms. The van der Waals surface area contributed by atoms with Gasteiger partial charge in [-0.3, -0.25) is 4.79 Å². The van der Waals surface area contributed by atoms with Crippen LogP contribution in [0.4, 0.5) is 0 Å². The van der Waals surface area contributed by atoms with E-state index in [1.807, 2.05) is 0 Å². The van der Waals surface area contributed by atoms with Gasteiger partial charge in [-0.15, -0.1) is 0 Å². The Morgan fingerprint density at radius 2 is 1.74 bits per heavy atom. The van der Waals surface area contributed by atoms with E-state index >= 15 is 0 Å². The zero-order valence-electron chi connectivity index (χ0n) is 14.9. The molecule has 132 valence electrons. The fraction of sp³-hybridized carbons (Fsp3) is 0.650. The summed E-state index contributed by atoms with van der Waals surface area (Å²) in [5.74, 6) is -0.685. The van der Waals surface area contributed by atoms with Gasteiger partial charge in [-0.2, -0.15) is 0 Å². The second-order valence-corrected chi connectivity index (χ2v) is 5.78. The Balaban J connectivity index is 3.60. The van der Waals surface area contributed by atoms with E-state index in [0.29, 0.717) is 6.42 Å². The van der Waals surface area contributed by atoms with Gasteiger partial charge in [0.05, 0.1) is 6.10 Å². The van der Waals surface area contributed by atoms with Gasteiger partial charge in [0.1, 0.15) is 0 Å². The van der Waals surface area contributed by atoms with Gasteiger partial charge >= 0.3 is 5.97 Å². The minimum atomic E-state index is -0.685. The van der Waals surface area contributed by atoms with E-state index in [9.17, 15) is 4.79 Å². The van der Waals surface area contributed by atoms with Crippen molar-refractivity contribution in [2.45, 2.75) is 77.2 Å². The van der Waals surface area contributed by atoms with Crippen LogP contribution in [-0.4, -0.2) is 24.3 Å². The lowest BCUT2D eigenvalue weighted by Gasteiger charge is -2.06. The van der Waals surface area contributed by atoms with E-state index in [4.69, 9.17) is 9.84 Å². The number of allylic oxidation sites excluding steroid dienone is 4. The van der Waals surface area contributed by atoms with E-state index in [2.05, 4.69) is 43.4 Å². The molecule has 1 N–H and O–H groups in total. The number of unbranched alkanes of at least 4 members (excludes halogenated alkanes) is 6. The van der Waals surface area contributed by atoms with Gasteiger partial charge in [0.15, 0.2) is 0 Å². The molecule has 0 aliphatic heterocycles. The molecule has 23 heavy (non-hydrogen) atoms. The van der Waals surface area contributed by atoms with Crippen molar-refractivity contribution in [1.29, 1.82) is 0 Å². The van der Waals surface area contributed by atoms with Crippen LogP contribution < -0.4 is 0 Å². The fourth-order valence-corrected chi connectivity index (χ4v) is 2.20. The minimum absolute atomic E-state index is 0.155. The van der Waals surface area contributed by atoms with Gasteiger partial charge in [0.2, 0.25) is 0 Å². The second kappa shape index (κ2) is 17.0. The normalized spacial score (nSPS) is 13.5. The standard InChI is InChI=1S/C20H34O3/c1-3-4-5-13-16-19(23-2)17-14-11-9-7-6-8-10-12-15-18-20(21)22/h5,9,11,13-14,17,19H,3-4,6-8,10,12,15-16,18H2,1-2H3,(H,21,22). The van der Waals surface area contributed by atoms with Crippen LogP contribution in [0.15, 0.2) is 36.5 Å². The summed E-state index contributed by atoms with van der Waals surface area (Å²) in [5, 5.41) is 8.54. The number of rotatable bonds is 15. The molecule has 0 aromatic carbocycles. The lowest BCUT2D eigenvalue weighted by molar-refractivity contribution is -0.137. The molecular formula is C20H34O3. The fourth-order valence-electron chi connectivity index (χ4n) is 2.20. The van der Waals surface area contributed by atoms with Crippen molar-refractivity contribution < 1.29 is 14.6 Å². The van der Waals surface area contributed by atoms with Gasteiger partial charge in [0, 0.05) is 13.5 Å². The number of carboxylic acid groups (broad SMARTS) is 1. The van der Waals surface area contributed by atoms with E-state index in [1.165, 1.54) is 19.3 Å². The third-order valence-corrected chi connectivity index (χ3v) is 3.63. The SMILES string of the molecule is CCCC=CCC(C=CC=CCCCCCCCC(=O)O)OC. The van der Waals surface area contributed by atoms with Gasteiger partial charge in [-0.05, 0) is 32.1 Å². The average Bonchev–Trinajstić information content (AvgIpc) is 2.54. The highest BCUT2D eigenvalue weighted by atomic mass is 16.5. The smallest absolute Gasteiger partial charge is 0.303 e. The highest BCUT2D eigenvalue weighted by Crippen LogP contribution is 2.08. The van der Waals surface area contributed by atoms with Gasteiger partial charge in [0.25, 0.3) is 0 Å². The summed E-state index contributed by atoms with van der Waals surface area (Å²) in [5.41, 5.74) is 0. The number of hydrogen-bond donors (Lipinski definition) is 1. The first kappa shape index (κ1) is 21.6. The Kier molecular flexibility index (Phi) is 16.0. The van der Waals surface area contributed by atoms with Crippen molar-refractivity contribution >= 4 is 5.97 Å². The maximum absolute atomic E-state index is 10.4. The highest BCUT2D eigenvalue weighted by molar-refractivity contribution is 5.66. The largest absolute Gasteiger partial charge is 0.481 e. The van der Waals surface area contributed by atoms with E-state index < -0.39 is 5.97 Å². The topological polar surface area (TPSA) is 46.5 Å². The summed E-state index contributed by atoms with van der Waals surface area (Å²) in [6.45, 7) is 2.18. The number of hydrogen-bond acceptors (Lipinski definition) is 2. The van der Waals surface area contributed by atoms with Gasteiger partial charge < -0.3 is 9.84 Å². The predicted molar refractivity (Wildman–Crippen MR) is 97.7 cm³/mol. The molecule has 0 rings (SSSR count). The zero-order chi connectivity index (χ0) is 17.2. The number of ether oxygens (including phenoxy) is 1. The molecule has 0 aliphatic rings. The van der Waals surface area contributed by atoms with Crippen LogP contribution in [0.2, 0.25) is 0 Å². The van der Waals surface area contributed by atoms with Gasteiger partial charge in [-0.25, -0.2) is 0 Å². The summed E-state index contributed by atoms with van der Waals surface area (Å²) in [7, 11) is 1.75. The first-order chi connectivity index (χ1) is 11.2. The van der Waals surface area contributed by atoms with Crippen molar-refractivity contribution in [2.75, 3.05) is 7.11 Å².